The van der Waals surface area contributed by atoms with E-state index in [1.807, 2.05) is 42.9 Å². The molecule has 0 spiro atoms. The molecule has 1 aromatic carbocycles. The van der Waals surface area contributed by atoms with E-state index in [1.165, 1.54) is 6.20 Å². The Labute approximate surface area is 116 Å². The summed E-state index contributed by atoms with van der Waals surface area (Å²) in [7, 11) is 3.73. The second-order valence-corrected chi connectivity index (χ2v) is 4.96. The Morgan fingerprint density at radius 3 is 2.75 bits per heavy atom. The molecule has 0 fully saturated rings. The van der Waals surface area contributed by atoms with Gasteiger partial charge in [0, 0.05) is 31.2 Å². The number of aromatic carboxylic acids is 1. The first kappa shape index (κ1) is 12.5. The molecule has 5 nitrogen and oxygen atoms in total. The number of hydrogen-bond donors (Lipinski definition) is 1. The molecule has 0 aliphatic heterocycles. The minimum Gasteiger partial charge on any atom is -0.478 e. The third kappa shape index (κ3) is 1.63. The third-order valence-electron chi connectivity index (χ3n) is 3.63. The van der Waals surface area contributed by atoms with Crippen molar-refractivity contribution in [1.29, 1.82) is 0 Å². The molecule has 1 N–H and O–H groups in total. The van der Waals surface area contributed by atoms with Crippen LogP contribution < -0.4 is 0 Å². The number of benzene rings is 1. The van der Waals surface area contributed by atoms with E-state index in [2.05, 4.69) is 5.10 Å². The van der Waals surface area contributed by atoms with Gasteiger partial charge in [0.05, 0.1) is 17.4 Å². The van der Waals surface area contributed by atoms with E-state index in [4.69, 9.17) is 0 Å². The molecule has 0 radical (unpaired) electrons. The van der Waals surface area contributed by atoms with Crippen LogP contribution in [0.1, 0.15) is 15.9 Å². The number of aryl methyl sites for hydroxylation is 3. The van der Waals surface area contributed by atoms with Crippen molar-refractivity contribution in [3.05, 3.63) is 41.7 Å². The van der Waals surface area contributed by atoms with Gasteiger partial charge in [0.2, 0.25) is 0 Å². The minimum absolute atomic E-state index is 0.224. The first-order valence-electron chi connectivity index (χ1n) is 6.31. The zero-order chi connectivity index (χ0) is 14.4. The van der Waals surface area contributed by atoms with Crippen molar-refractivity contribution in [2.45, 2.75) is 6.92 Å². The molecule has 3 rings (SSSR count). The summed E-state index contributed by atoms with van der Waals surface area (Å²) < 4.78 is 3.64. The van der Waals surface area contributed by atoms with Crippen molar-refractivity contribution in [3.63, 3.8) is 0 Å². The van der Waals surface area contributed by atoms with Crippen LogP contribution in [0.3, 0.4) is 0 Å². The van der Waals surface area contributed by atoms with Gasteiger partial charge in [0.25, 0.3) is 0 Å². The monoisotopic (exact) mass is 269 g/mol. The van der Waals surface area contributed by atoms with Gasteiger partial charge in [-0.25, -0.2) is 4.79 Å². The molecule has 2 aromatic heterocycles. The van der Waals surface area contributed by atoms with Gasteiger partial charge >= 0.3 is 5.97 Å². The topological polar surface area (TPSA) is 60.0 Å². The van der Waals surface area contributed by atoms with Crippen molar-refractivity contribution in [1.82, 2.24) is 14.3 Å². The summed E-state index contributed by atoms with van der Waals surface area (Å²) in [5, 5.41) is 14.4. The van der Waals surface area contributed by atoms with Crippen molar-refractivity contribution >= 4 is 16.9 Å². The molecule has 0 amide bonds. The molecule has 0 saturated carbocycles. The van der Waals surface area contributed by atoms with Crippen molar-refractivity contribution in [2.75, 3.05) is 0 Å². The van der Waals surface area contributed by atoms with Gasteiger partial charge in [0.15, 0.2) is 0 Å². The summed E-state index contributed by atoms with van der Waals surface area (Å²) in [6.45, 7) is 2.05. The summed E-state index contributed by atoms with van der Waals surface area (Å²) in [6.07, 6.45) is 3.35. The Hall–Kier alpha value is -2.56. The molecule has 2 heterocycles. The number of carbonyl (C=O) groups is 1. The highest BCUT2D eigenvalue weighted by Gasteiger charge is 2.20. The van der Waals surface area contributed by atoms with Crippen LogP contribution >= 0.6 is 0 Å². The highest BCUT2D eigenvalue weighted by Crippen LogP contribution is 2.33. The molecular weight excluding hydrogens is 254 g/mol. The summed E-state index contributed by atoms with van der Waals surface area (Å²) in [5.41, 5.74) is 4.02. The van der Waals surface area contributed by atoms with E-state index >= 15 is 0 Å². The number of aromatic nitrogens is 3. The Kier molecular flexibility index (Phi) is 2.64. The largest absolute Gasteiger partial charge is 0.478 e. The molecule has 0 atom stereocenters. The standard InChI is InChI=1S/C15H15N3O2/c1-9-5-4-6-10-12(8-17(2)13(9)10)14-11(15(19)20)7-16-18(14)3/h4-8H,1-3H3,(H,19,20). The minimum atomic E-state index is -0.960. The SMILES string of the molecule is Cc1cccc2c(-c3c(C(=O)O)cnn3C)cn(C)c12. The second-order valence-electron chi connectivity index (χ2n) is 4.96. The zero-order valence-corrected chi connectivity index (χ0v) is 11.6. The first-order valence-corrected chi connectivity index (χ1v) is 6.31. The van der Waals surface area contributed by atoms with Crippen molar-refractivity contribution < 1.29 is 9.90 Å². The van der Waals surface area contributed by atoms with Gasteiger partial charge in [-0.2, -0.15) is 5.10 Å². The van der Waals surface area contributed by atoms with Gasteiger partial charge < -0.3 is 9.67 Å². The fourth-order valence-corrected chi connectivity index (χ4v) is 2.77. The van der Waals surface area contributed by atoms with Crippen LogP contribution in [0.4, 0.5) is 0 Å². The highest BCUT2D eigenvalue weighted by atomic mass is 16.4. The predicted octanol–water partition coefficient (Wildman–Crippen LogP) is 2.59. The quantitative estimate of drug-likeness (QED) is 0.778. The number of nitrogens with zero attached hydrogens (tertiary/aromatic N) is 3. The molecule has 20 heavy (non-hydrogen) atoms. The fraction of sp³-hybridized carbons (Fsp3) is 0.200. The maximum Gasteiger partial charge on any atom is 0.339 e. The van der Waals surface area contributed by atoms with E-state index in [0.29, 0.717) is 5.69 Å². The molecule has 0 aliphatic rings. The molecule has 3 aromatic rings. The molecular formula is C15H15N3O2. The van der Waals surface area contributed by atoms with Crippen LogP contribution in [0.15, 0.2) is 30.6 Å². The van der Waals surface area contributed by atoms with Crippen molar-refractivity contribution in [3.8, 4) is 11.3 Å². The predicted molar refractivity (Wildman–Crippen MR) is 76.8 cm³/mol. The number of carboxylic acids is 1. The lowest BCUT2D eigenvalue weighted by Gasteiger charge is -2.03. The van der Waals surface area contributed by atoms with Gasteiger partial charge in [-0.3, -0.25) is 4.68 Å². The molecule has 102 valence electrons. The Balaban J connectivity index is 2.40. The van der Waals surface area contributed by atoms with Crippen LogP contribution in [-0.4, -0.2) is 25.4 Å². The van der Waals surface area contributed by atoms with Crippen LogP contribution in [-0.2, 0) is 14.1 Å². The third-order valence-corrected chi connectivity index (χ3v) is 3.63. The van der Waals surface area contributed by atoms with Crippen molar-refractivity contribution in [2.24, 2.45) is 14.1 Å². The number of para-hydroxylation sites is 1. The van der Waals surface area contributed by atoms with Crippen LogP contribution in [0, 0.1) is 6.92 Å². The Morgan fingerprint density at radius 2 is 2.05 bits per heavy atom. The van der Waals surface area contributed by atoms with Gasteiger partial charge in [-0.1, -0.05) is 18.2 Å². The zero-order valence-electron chi connectivity index (χ0n) is 11.6. The van der Waals surface area contributed by atoms with E-state index in [1.54, 1.807) is 11.7 Å². The summed E-state index contributed by atoms with van der Waals surface area (Å²) in [5.74, 6) is -0.960. The summed E-state index contributed by atoms with van der Waals surface area (Å²) in [4.78, 5) is 11.4. The number of hydrogen-bond acceptors (Lipinski definition) is 2. The molecule has 0 saturated heterocycles. The second kappa shape index (κ2) is 4.23. The summed E-state index contributed by atoms with van der Waals surface area (Å²) in [6, 6.07) is 6.04. The highest BCUT2D eigenvalue weighted by molar-refractivity contribution is 6.03. The molecule has 0 unspecified atom stereocenters. The maximum absolute atomic E-state index is 11.4. The fourth-order valence-electron chi connectivity index (χ4n) is 2.77. The lowest BCUT2D eigenvalue weighted by atomic mass is 10.1. The Bertz CT molecular complexity index is 827. The van der Waals surface area contributed by atoms with Crippen LogP contribution in [0.5, 0.6) is 0 Å². The van der Waals surface area contributed by atoms with Gasteiger partial charge in [0.1, 0.15) is 5.56 Å². The van der Waals surface area contributed by atoms with E-state index < -0.39 is 5.97 Å². The normalized spacial score (nSPS) is 11.2. The van der Waals surface area contributed by atoms with E-state index in [9.17, 15) is 9.90 Å². The number of rotatable bonds is 2. The Morgan fingerprint density at radius 1 is 1.30 bits per heavy atom. The van der Waals surface area contributed by atoms with Gasteiger partial charge in [-0.05, 0) is 12.5 Å². The average Bonchev–Trinajstić information content (AvgIpc) is 2.91. The van der Waals surface area contributed by atoms with Crippen LogP contribution in [0.2, 0.25) is 0 Å². The van der Waals surface area contributed by atoms with E-state index in [0.717, 1.165) is 22.0 Å². The molecule has 0 aliphatic carbocycles. The number of carboxylic acid groups (broad SMARTS) is 1. The smallest absolute Gasteiger partial charge is 0.339 e. The lowest BCUT2D eigenvalue weighted by molar-refractivity contribution is 0.0697. The van der Waals surface area contributed by atoms with E-state index in [-0.39, 0.29) is 5.56 Å². The van der Waals surface area contributed by atoms with Crippen LogP contribution in [0.25, 0.3) is 22.2 Å². The summed E-state index contributed by atoms with van der Waals surface area (Å²) >= 11 is 0. The lowest BCUT2D eigenvalue weighted by Crippen LogP contribution is -2.00. The molecule has 0 bridgehead atoms. The number of fused-ring (bicyclic) bond motifs is 1. The molecule has 5 heteroatoms. The average molecular weight is 269 g/mol. The van der Waals surface area contributed by atoms with Gasteiger partial charge in [-0.15, -0.1) is 0 Å². The first-order chi connectivity index (χ1) is 9.50. The maximum atomic E-state index is 11.4.